The van der Waals surface area contributed by atoms with E-state index < -0.39 is 12.1 Å². The van der Waals surface area contributed by atoms with Crippen LogP contribution in [0.15, 0.2) is 12.4 Å². The van der Waals surface area contributed by atoms with Crippen LogP contribution in [0.2, 0.25) is 5.15 Å². The number of ether oxygens (including phenoxy) is 1. The first-order chi connectivity index (χ1) is 7.66. The van der Waals surface area contributed by atoms with E-state index in [2.05, 4.69) is 9.97 Å². The number of halogens is 1. The smallest absolute Gasteiger partial charge is 0.334 e. The molecule has 0 radical (unpaired) electrons. The first-order valence-electron chi connectivity index (χ1n) is 4.74. The van der Waals surface area contributed by atoms with Gasteiger partial charge in [-0.05, 0) is 0 Å². The van der Waals surface area contributed by atoms with E-state index >= 15 is 0 Å². The van der Waals surface area contributed by atoms with E-state index in [1.165, 1.54) is 6.20 Å². The third-order valence-electron chi connectivity index (χ3n) is 2.26. The fourth-order valence-corrected chi connectivity index (χ4v) is 1.63. The van der Waals surface area contributed by atoms with Crippen LogP contribution < -0.4 is 4.90 Å². The first kappa shape index (κ1) is 11.1. The molecule has 1 aromatic rings. The quantitative estimate of drug-likeness (QED) is 0.811. The van der Waals surface area contributed by atoms with Crippen molar-refractivity contribution in [3.63, 3.8) is 0 Å². The highest BCUT2D eigenvalue weighted by molar-refractivity contribution is 6.29. The molecule has 2 rings (SSSR count). The number of rotatable bonds is 2. The van der Waals surface area contributed by atoms with Gasteiger partial charge >= 0.3 is 5.97 Å². The van der Waals surface area contributed by atoms with Crippen molar-refractivity contribution >= 4 is 23.4 Å². The second kappa shape index (κ2) is 4.63. The highest BCUT2D eigenvalue weighted by Crippen LogP contribution is 2.16. The Morgan fingerprint density at radius 3 is 3.12 bits per heavy atom. The molecule has 1 saturated heterocycles. The topological polar surface area (TPSA) is 75.5 Å². The Labute approximate surface area is 96.8 Å². The summed E-state index contributed by atoms with van der Waals surface area (Å²) in [6, 6.07) is 0. The summed E-state index contributed by atoms with van der Waals surface area (Å²) in [5.74, 6) is -0.401. The number of anilines is 1. The van der Waals surface area contributed by atoms with Crippen LogP contribution in [0.1, 0.15) is 0 Å². The minimum absolute atomic E-state index is 0.254. The molecule has 86 valence electrons. The second-order valence-electron chi connectivity index (χ2n) is 3.34. The van der Waals surface area contributed by atoms with Gasteiger partial charge in [0.15, 0.2) is 6.10 Å². The molecule has 1 aromatic heterocycles. The Bertz CT molecular complexity index is 401. The Hall–Kier alpha value is -1.40. The molecule has 1 fully saturated rings. The Kier molecular flexibility index (Phi) is 3.21. The zero-order valence-electron chi connectivity index (χ0n) is 8.34. The molecule has 0 spiro atoms. The van der Waals surface area contributed by atoms with Gasteiger partial charge in [-0.15, -0.1) is 0 Å². The van der Waals surface area contributed by atoms with Crippen molar-refractivity contribution in [1.29, 1.82) is 0 Å². The maximum Gasteiger partial charge on any atom is 0.334 e. The molecule has 0 amide bonds. The molecular weight excluding hydrogens is 234 g/mol. The highest BCUT2D eigenvalue weighted by Gasteiger charge is 2.27. The molecule has 1 N–H and O–H groups in total. The number of aliphatic carboxylic acids is 1. The number of carboxylic acid groups (broad SMARTS) is 1. The van der Waals surface area contributed by atoms with Gasteiger partial charge < -0.3 is 14.7 Å². The fourth-order valence-electron chi connectivity index (χ4n) is 1.49. The van der Waals surface area contributed by atoms with E-state index in [0.717, 1.165) is 0 Å². The molecule has 1 unspecified atom stereocenters. The Balaban J connectivity index is 2.12. The molecule has 2 heterocycles. The predicted molar refractivity (Wildman–Crippen MR) is 56.6 cm³/mol. The summed E-state index contributed by atoms with van der Waals surface area (Å²) in [7, 11) is 0. The standard InChI is InChI=1S/C9H10ClN3O3/c10-7-3-11-4-8(12-7)13-1-2-16-6(5-13)9(14)15/h3-4,6H,1-2,5H2,(H,14,15). The number of morpholine rings is 1. The minimum Gasteiger partial charge on any atom is -0.479 e. The Morgan fingerprint density at radius 1 is 1.62 bits per heavy atom. The lowest BCUT2D eigenvalue weighted by atomic mass is 10.3. The van der Waals surface area contributed by atoms with Crippen LogP contribution >= 0.6 is 11.6 Å². The molecule has 0 aliphatic carbocycles. The van der Waals surface area contributed by atoms with Crippen molar-refractivity contribution in [3.05, 3.63) is 17.5 Å². The molecule has 16 heavy (non-hydrogen) atoms. The monoisotopic (exact) mass is 243 g/mol. The summed E-state index contributed by atoms with van der Waals surface area (Å²) in [5.41, 5.74) is 0. The van der Waals surface area contributed by atoms with Crippen LogP contribution in [-0.2, 0) is 9.53 Å². The van der Waals surface area contributed by atoms with Crippen molar-refractivity contribution in [2.75, 3.05) is 24.6 Å². The fraction of sp³-hybridized carbons (Fsp3) is 0.444. The number of nitrogens with zero attached hydrogens (tertiary/aromatic N) is 3. The molecule has 1 atom stereocenters. The maximum atomic E-state index is 10.8. The van der Waals surface area contributed by atoms with Crippen molar-refractivity contribution < 1.29 is 14.6 Å². The number of aromatic nitrogens is 2. The first-order valence-corrected chi connectivity index (χ1v) is 5.11. The zero-order chi connectivity index (χ0) is 11.5. The normalized spacial score (nSPS) is 20.8. The molecular formula is C9H10ClN3O3. The van der Waals surface area contributed by atoms with Crippen LogP contribution in [-0.4, -0.2) is 46.8 Å². The summed E-state index contributed by atoms with van der Waals surface area (Å²) in [6.07, 6.45) is 2.16. The molecule has 0 bridgehead atoms. The largest absolute Gasteiger partial charge is 0.479 e. The number of carboxylic acids is 1. The summed E-state index contributed by atoms with van der Waals surface area (Å²) in [4.78, 5) is 20.6. The number of carbonyl (C=O) groups is 1. The highest BCUT2D eigenvalue weighted by atomic mass is 35.5. The van der Waals surface area contributed by atoms with E-state index in [4.69, 9.17) is 21.4 Å². The lowest BCUT2D eigenvalue weighted by molar-refractivity contribution is -0.150. The molecule has 0 aromatic carbocycles. The average molecular weight is 244 g/mol. The predicted octanol–water partition coefficient (Wildman–Crippen LogP) is 0.420. The molecule has 0 saturated carbocycles. The van der Waals surface area contributed by atoms with Crippen molar-refractivity contribution in [2.24, 2.45) is 0 Å². The number of hydrogen-bond acceptors (Lipinski definition) is 5. The van der Waals surface area contributed by atoms with Gasteiger partial charge in [0.25, 0.3) is 0 Å². The van der Waals surface area contributed by atoms with E-state index in [0.29, 0.717) is 19.0 Å². The van der Waals surface area contributed by atoms with Gasteiger partial charge in [-0.2, -0.15) is 0 Å². The van der Waals surface area contributed by atoms with E-state index in [1.54, 1.807) is 11.1 Å². The maximum absolute atomic E-state index is 10.8. The van der Waals surface area contributed by atoms with E-state index in [-0.39, 0.29) is 11.7 Å². The lowest BCUT2D eigenvalue weighted by Crippen LogP contribution is -2.46. The third-order valence-corrected chi connectivity index (χ3v) is 2.44. The van der Waals surface area contributed by atoms with Gasteiger partial charge in [0.05, 0.1) is 25.5 Å². The summed E-state index contributed by atoms with van der Waals surface area (Å²) in [5, 5.41) is 9.13. The van der Waals surface area contributed by atoms with Gasteiger partial charge in [-0.25, -0.2) is 9.78 Å². The Morgan fingerprint density at radius 2 is 2.44 bits per heavy atom. The zero-order valence-corrected chi connectivity index (χ0v) is 9.09. The lowest BCUT2D eigenvalue weighted by Gasteiger charge is -2.31. The van der Waals surface area contributed by atoms with Crippen LogP contribution in [0.4, 0.5) is 5.82 Å². The average Bonchev–Trinajstić information content (AvgIpc) is 2.29. The number of hydrogen-bond donors (Lipinski definition) is 1. The molecule has 1 aliphatic rings. The SMILES string of the molecule is O=C(O)C1CN(c2cncc(Cl)n2)CCO1. The van der Waals surface area contributed by atoms with Gasteiger partial charge in [0.2, 0.25) is 0 Å². The second-order valence-corrected chi connectivity index (χ2v) is 3.73. The third kappa shape index (κ3) is 2.40. The van der Waals surface area contributed by atoms with Gasteiger partial charge in [-0.3, -0.25) is 4.98 Å². The van der Waals surface area contributed by atoms with Gasteiger partial charge in [0, 0.05) is 6.54 Å². The minimum atomic E-state index is -0.973. The van der Waals surface area contributed by atoms with Crippen LogP contribution in [0.5, 0.6) is 0 Å². The van der Waals surface area contributed by atoms with Crippen molar-refractivity contribution in [2.45, 2.75) is 6.10 Å². The van der Waals surface area contributed by atoms with Crippen LogP contribution in [0.25, 0.3) is 0 Å². The van der Waals surface area contributed by atoms with Crippen molar-refractivity contribution in [3.8, 4) is 0 Å². The van der Waals surface area contributed by atoms with E-state index in [9.17, 15) is 4.79 Å². The van der Waals surface area contributed by atoms with Crippen LogP contribution in [0, 0.1) is 0 Å². The molecule has 7 heteroatoms. The summed E-state index contributed by atoms with van der Waals surface area (Å²) < 4.78 is 5.10. The molecule has 6 nitrogen and oxygen atoms in total. The summed E-state index contributed by atoms with van der Waals surface area (Å²) >= 11 is 5.72. The van der Waals surface area contributed by atoms with Crippen molar-refractivity contribution in [1.82, 2.24) is 9.97 Å². The van der Waals surface area contributed by atoms with Crippen LogP contribution in [0.3, 0.4) is 0 Å². The van der Waals surface area contributed by atoms with E-state index in [1.807, 2.05) is 0 Å². The van der Waals surface area contributed by atoms with Gasteiger partial charge in [-0.1, -0.05) is 11.6 Å². The summed E-state index contributed by atoms with van der Waals surface area (Å²) in [6.45, 7) is 1.19. The van der Waals surface area contributed by atoms with Gasteiger partial charge in [0.1, 0.15) is 11.0 Å². The molecule has 1 aliphatic heterocycles.